The van der Waals surface area contributed by atoms with Crippen molar-refractivity contribution in [3.05, 3.63) is 42.7 Å². The Bertz CT molecular complexity index is 453. The second-order valence-electron chi connectivity index (χ2n) is 3.21. The summed E-state index contributed by atoms with van der Waals surface area (Å²) in [7, 11) is 1.69. The maximum Gasteiger partial charge on any atom is 0.327 e. The van der Waals surface area contributed by atoms with Crippen molar-refractivity contribution in [2.24, 2.45) is 0 Å². The average molecular weight is 217 g/mol. The second-order valence-corrected chi connectivity index (χ2v) is 3.21. The lowest BCUT2D eigenvalue weighted by atomic mass is 10.3. The molecule has 1 heterocycles. The molecule has 0 radical (unpaired) electrons. The number of amides is 2. The molecule has 0 bridgehead atoms. The summed E-state index contributed by atoms with van der Waals surface area (Å²) in [6, 6.07) is 10.7. The van der Waals surface area contributed by atoms with Gasteiger partial charge in [0.15, 0.2) is 5.82 Å². The van der Waals surface area contributed by atoms with Gasteiger partial charge in [0.25, 0.3) is 0 Å². The number of rotatable bonds is 2. The largest absolute Gasteiger partial charge is 0.363 e. The lowest BCUT2D eigenvalue weighted by Gasteiger charge is -2.16. The maximum atomic E-state index is 11.7. The molecule has 0 aliphatic heterocycles. The van der Waals surface area contributed by atoms with E-state index in [4.69, 9.17) is 0 Å². The van der Waals surface area contributed by atoms with Crippen LogP contribution in [0.3, 0.4) is 0 Å². The molecule has 0 saturated heterocycles. The van der Waals surface area contributed by atoms with E-state index in [1.165, 1.54) is 11.2 Å². The number of urea groups is 1. The van der Waals surface area contributed by atoms with Crippen LogP contribution >= 0.6 is 0 Å². The van der Waals surface area contributed by atoms with Crippen molar-refractivity contribution in [2.45, 2.75) is 0 Å². The normalized spacial score (nSPS) is 9.81. The third kappa shape index (κ3) is 2.20. The van der Waals surface area contributed by atoms with E-state index < -0.39 is 0 Å². The number of nitrogens with zero attached hydrogens (tertiary/aromatic N) is 2. The number of hydrogen-bond acceptors (Lipinski definition) is 3. The number of para-hydroxylation sites is 1. The molecule has 5 heteroatoms. The molecule has 1 aromatic carbocycles. The Kier molecular flexibility index (Phi) is 2.86. The Balaban J connectivity index is 2.05. The lowest BCUT2D eigenvalue weighted by molar-refractivity contribution is 0.258. The van der Waals surface area contributed by atoms with Crippen molar-refractivity contribution in [3.8, 4) is 0 Å². The molecular formula is C11H11N3O2. The molecule has 0 unspecified atom stereocenters. The molecule has 1 N–H and O–H groups in total. The van der Waals surface area contributed by atoms with Crippen LogP contribution in [0.15, 0.2) is 47.2 Å². The van der Waals surface area contributed by atoms with Gasteiger partial charge >= 0.3 is 6.03 Å². The van der Waals surface area contributed by atoms with Crippen molar-refractivity contribution in [1.82, 2.24) is 5.16 Å². The average Bonchev–Trinajstić information content (AvgIpc) is 2.82. The summed E-state index contributed by atoms with van der Waals surface area (Å²) < 4.78 is 4.62. The van der Waals surface area contributed by atoms with Crippen LogP contribution in [0.2, 0.25) is 0 Å². The van der Waals surface area contributed by atoms with E-state index in [0.717, 1.165) is 5.69 Å². The van der Waals surface area contributed by atoms with Crippen LogP contribution in [0.25, 0.3) is 0 Å². The number of carbonyl (C=O) groups is 1. The summed E-state index contributed by atoms with van der Waals surface area (Å²) in [6.07, 6.45) is 1.40. The fourth-order valence-electron chi connectivity index (χ4n) is 1.24. The fourth-order valence-corrected chi connectivity index (χ4v) is 1.24. The van der Waals surface area contributed by atoms with Crippen molar-refractivity contribution in [3.63, 3.8) is 0 Å². The summed E-state index contributed by atoms with van der Waals surface area (Å²) in [6.45, 7) is 0. The quantitative estimate of drug-likeness (QED) is 0.839. The monoisotopic (exact) mass is 217 g/mol. The number of hydrogen-bond donors (Lipinski definition) is 1. The van der Waals surface area contributed by atoms with E-state index in [2.05, 4.69) is 15.0 Å². The molecule has 0 aliphatic rings. The summed E-state index contributed by atoms with van der Waals surface area (Å²) in [5.41, 5.74) is 0.809. The van der Waals surface area contributed by atoms with Gasteiger partial charge in [-0.05, 0) is 12.1 Å². The summed E-state index contributed by atoms with van der Waals surface area (Å²) in [5.74, 6) is 0.396. The van der Waals surface area contributed by atoms with Gasteiger partial charge in [-0.1, -0.05) is 23.4 Å². The van der Waals surface area contributed by atoms with Gasteiger partial charge in [0.05, 0.1) is 0 Å². The van der Waals surface area contributed by atoms with Gasteiger partial charge in [-0.25, -0.2) is 4.79 Å². The molecule has 2 rings (SSSR count). The molecule has 16 heavy (non-hydrogen) atoms. The van der Waals surface area contributed by atoms with Crippen molar-refractivity contribution in [1.29, 1.82) is 0 Å². The molecular weight excluding hydrogens is 206 g/mol. The highest BCUT2D eigenvalue weighted by atomic mass is 16.5. The van der Waals surface area contributed by atoms with Crippen molar-refractivity contribution < 1.29 is 9.32 Å². The van der Waals surface area contributed by atoms with Gasteiger partial charge in [0.2, 0.25) is 0 Å². The molecule has 5 nitrogen and oxygen atoms in total. The second kappa shape index (κ2) is 4.48. The minimum atomic E-state index is -0.264. The van der Waals surface area contributed by atoms with E-state index in [9.17, 15) is 4.79 Å². The van der Waals surface area contributed by atoms with Crippen molar-refractivity contribution >= 4 is 17.5 Å². The molecule has 0 spiro atoms. The molecule has 82 valence electrons. The Morgan fingerprint density at radius 2 is 2.06 bits per heavy atom. The smallest absolute Gasteiger partial charge is 0.327 e. The summed E-state index contributed by atoms with van der Waals surface area (Å²) >= 11 is 0. The van der Waals surface area contributed by atoms with Gasteiger partial charge in [0, 0.05) is 18.8 Å². The van der Waals surface area contributed by atoms with Gasteiger partial charge in [-0.3, -0.25) is 10.2 Å². The fraction of sp³-hybridized carbons (Fsp3) is 0.0909. The van der Waals surface area contributed by atoms with Gasteiger partial charge in [-0.2, -0.15) is 0 Å². The van der Waals surface area contributed by atoms with Gasteiger partial charge in [-0.15, -0.1) is 0 Å². The molecule has 0 aliphatic carbocycles. The van der Waals surface area contributed by atoms with Gasteiger partial charge < -0.3 is 4.52 Å². The lowest BCUT2D eigenvalue weighted by Crippen LogP contribution is -2.31. The predicted octanol–water partition coefficient (Wildman–Crippen LogP) is 2.34. The molecule has 0 fully saturated rings. The first-order chi connectivity index (χ1) is 7.77. The molecule has 1 aromatic heterocycles. The minimum Gasteiger partial charge on any atom is -0.363 e. The zero-order chi connectivity index (χ0) is 11.4. The Morgan fingerprint density at radius 1 is 1.31 bits per heavy atom. The first kappa shape index (κ1) is 10.2. The standard InChI is InChI=1S/C11H11N3O2/c1-14(9-5-3-2-4-6-9)11(15)12-10-7-8-16-13-10/h2-8H,1H3,(H,12,13,15). The third-order valence-electron chi connectivity index (χ3n) is 2.12. The number of nitrogens with one attached hydrogen (secondary N) is 1. The SMILES string of the molecule is CN(C(=O)Nc1ccon1)c1ccccc1. The zero-order valence-electron chi connectivity index (χ0n) is 8.75. The maximum absolute atomic E-state index is 11.7. The van der Waals surface area contributed by atoms with Crippen LogP contribution in [0.1, 0.15) is 0 Å². The number of carbonyl (C=O) groups excluding carboxylic acids is 1. The Labute approximate surface area is 92.7 Å². The van der Waals surface area contributed by atoms with E-state index in [0.29, 0.717) is 5.82 Å². The number of aromatic nitrogens is 1. The number of benzene rings is 1. The van der Waals surface area contributed by atoms with Gasteiger partial charge in [0.1, 0.15) is 6.26 Å². The molecule has 2 amide bonds. The molecule has 0 saturated carbocycles. The highest BCUT2D eigenvalue weighted by Crippen LogP contribution is 2.12. The Hall–Kier alpha value is -2.30. The summed E-state index contributed by atoms with van der Waals surface area (Å²) in [4.78, 5) is 13.2. The van der Waals surface area contributed by atoms with E-state index in [1.54, 1.807) is 13.1 Å². The van der Waals surface area contributed by atoms with Crippen LogP contribution in [0, 0.1) is 0 Å². The highest BCUT2D eigenvalue weighted by molar-refractivity contribution is 6.00. The predicted molar refractivity (Wildman–Crippen MR) is 60.4 cm³/mol. The highest BCUT2D eigenvalue weighted by Gasteiger charge is 2.11. The van der Waals surface area contributed by atoms with E-state index in [-0.39, 0.29) is 6.03 Å². The van der Waals surface area contributed by atoms with Crippen LogP contribution in [0.4, 0.5) is 16.3 Å². The summed E-state index contributed by atoms with van der Waals surface area (Å²) in [5, 5.41) is 6.20. The topological polar surface area (TPSA) is 58.4 Å². The Morgan fingerprint density at radius 3 is 2.69 bits per heavy atom. The van der Waals surface area contributed by atoms with Crippen molar-refractivity contribution in [2.75, 3.05) is 17.3 Å². The zero-order valence-corrected chi connectivity index (χ0v) is 8.75. The first-order valence-electron chi connectivity index (χ1n) is 4.77. The van der Waals surface area contributed by atoms with E-state index in [1.807, 2.05) is 30.3 Å². The minimum absolute atomic E-state index is 0.264. The first-order valence-corrected chi connectivity index (χ1v) is 4.77. The third-order valence-corrected chi connectivity index (χ3v) is 2.12. The molecule has 0 atom stereocenters. The van der Waals surface area contributed by atoms with Crippen LogP contribution in [-0.2, 0) is 0 Å². The number of anilines is 2. The molecule has 2 aromatic rings. The van der Waals surface area contributed by atoms with Crippen LogP contribution in [-0.4, -0.2) is 18.2 Å². The van der Waals surface area contributed by atoms with Crippen LogP contribution < -0.4 is 10.2 Å². The van der Waals surface area contributed by atoms with E-state index >= 15 is 0 Å². The van der Waals surface area contributed by atoms with Crippen LogP contribution in [0.5, 0.6) is 0 Å².